The number of aryl methyl sites for hydroxylation is 1. The Balaban J connectivity index is 1.24. The molecule has 2 heterocycles. The van der Waals surface area contributed by atoms with Gasteiger partial charge in [-0.2, -0.15) is 4.98 Å². The maximum atomic E-state index is 12.7. The number of hydrogen-bond acceptors (Lipinski definition) is 5. The zero-order valence-corrected chi connectivity index (χ0v) is 18.1. The molecule has 1 N–H and O–H groups in total. The summed E-state index contributed by atoms with van der Waals surface area (Å²) in [6.07, 6.45) is 0.197. The lowest BCUT2D eigenvalue weighted by atomic mass is 10.1. The summed E-state index contributed by atoms with van der Waals surface area (Å²) in [6, 6.07) is 24.5. The number of aromatic nitrogens is 2. The number of hydrogen-bond donors (Lipinski definition) is 1. The first-order chi connectivity index (χ1) is 16.1. The van der Waals surface area contributed by atoms with E-state index in [2.05, 4.69) is 15.5 Å². The number of para-hydroxylation sites is 1. The third kappa shape index (κ3) is 4.39. The summed E-state index contributed by atoms with van der Waals surface area (Å²) in [7, 11) is 0. The summed E-state index contributed by atoms with van der Waals surface area (Å²) in [5.74, 6) is 0.316. The largest absolute Gasteiger partial charge is 0.334 e. The van der Waals surface area contributed by atoms with E-state index in [1.54, 1.807) is 17.0 Å². The van der Waals surface area contributed by atoms with E-state index in [1.807, 2.05) is 73.7 Å². The Labute approximate surface area is 191 Å². The molecule has 5 rings (SSSR count). The van der Waals surface area contributed by atoms with Crippen LogP contribution in [0.4, 0.5) is 11.4 Å². The smallest absolute Gasteiger partial charge is 0.258 e. The third-order valence-corrected chi connectivity index (χ3v) is 5.70. The topological polar surface area (TPSA) is 88.3 Å². The highest BCUT2D eigenvalue weighted by molar-refractivity contribution is 6.03. The van der Waals surface area contributed by atoms with Gasteiger partial charge in [0.05, 0.1) is 5.92 Å². The normalized spacial score (nSPS) is 15.6. The van der Waals surface area contributed by atoms with Crippen molar-refractivity contribution < 1.29 is 14.1 Å². The lowest BCUT2D eigenvalue weighted by Gasteiger charge is -2.16. The number of amides is 2. The second kappa shape index (κ2) is 8.70. The molecule has 1 unspecified atom stereocenters. The standard InChI is InChI=1S/C26H22N4O3/c1-17-7-9-18(10-8-17)24-28-26(33-29-24)19-11-13-21(14-12-19)27-25(32)20-15-23(31)30(16-20)22-5-3-2-4-6-22/h2-14,20H,15-16H2,1H3,(H,27,32). The maximum Gasteiger partial charge on any atom is 0.258 e. The second-order valence-corrected chi connectivity index (χ2v) is 8.10. The number of rotatable bonds is 5. The van der Waals surface area contributed by atoms with Crippen LogP contribution in [-0.4, -0.2) is 28.5 Å². The van der Waals surface area contributed by atoms with Gasteiger partial charge in [-0.05, 0) is 43.3 Å². The van der Waals surface area contributed by atoms with Gasteiger partial charge in [0.15, 0.2) is 0 Å². The molecule has 1 atom stereocenters. The van der Waals surface area contributed by atoms with Crippen molar-refractivity contribution in [3.05, 3.63) is 84.4 Å². The van der Waals surface area contributed by atoms with E-state index in [0.29, 0.717) is 23.9 Å². The fourth-order valence-electron chi connectivity index (χ4n) is 3.84. The molecule has 7 nitrogen and oxygen atoms in total. The number of nitrogens with zero attached hydrogens (tertiary/aromatic N) is 3. The average Bonchev–Trinajstić information content (AvgIpc) is 3.48. The Morgan fingerprint density at radius 2 is 1.67 bits per heavy atom. The number of nitrogens with one attached hydrogen (secondary N) is 1. The third-order valence-electron chi connectivity index (χ3n) is 5.70. The van der Waals surface area contributed by atoms with Gasteiger partial charge in [0.25, 0.3) is 5.89 Å². The van der Waals surface area contributed by atoms with Crippen LogP contribution >= 0.6 is 0 Å². The Morgan fingerprint density at radius 3 is 2.39 bits per heavy atom. The molecule has 2 amide bonds. The highest BCUT2D eigenvalue weighted by Crippen LogP contribution is 2.27. The lowest BCUT2D eigenvalue weighted by Crippen LogP contribution is -2.28. The Hall–Kier alpha value is -4.26. The van der Waals surface area contributed by atoms with Gasteiger partial charge in [0.2, 0.25) is 17.6 Å². The molecule has 7 heteroatoms. The van der Waals surface area contributed by atoms with E-state index in [-0.39, 0.29) is 18.2 Å². The highest BCUT2D eigenvalue weighted by Gasteiger charge is 2.35. The molecule has 1 aliphatic heterocycles. The molecule has 33 heavy (non-hydrogen) atoms. The van der Waals surface area contributed by atoms with E-state index < -0.39 is 5.92 Å². The van der Waals surface area contributed by atoms with E-state index >= 15 is 0 Å². The summed E-state index contributed by atoms with van der Waals surface area (Å²) >= 11 is 0. The van der Waals surface area contributed by atoms with Crippen molar-refractivity contribution in [2.45, 2.75) is 13.3 Å². The van der Waals surface area contributed by atoms with Crippen LogP contribution < -0.4 is 10.2 Å². The van der Waals surface area contributed by atoms with Crippen molar-refractivity contribution >= 4 is 23.2 Å². The van der Waals surface area contributed by atoms with Crippen LogP contribution in [0, 0.1) is 12.8 Å². The van der Waals surface area contributed by atoms with Gasteiger partial charge < -0.3 is 14.7 Å². The zero-order chi connectivity index (χ0) is 22.8. The number of benzene rings is 3. The second-order valence-electron chi connectivity index (χ2n) is 8.10. The summed E-state index contributed by atoms with van der Waals surface area (Å²) in [6.45, 7) is 2.40. The first-order valence-electron chi connectivity index (χ1n) is 10.7. The quantitative estimate of drug-likeness (QED) is 0.488. The molecule has 0 saturated carbocycles. The van der Waals surface area contributed by atoms with Crippen molar-refractivity contribution in [2.24, 2.45) is 5.92 Å². The summed E-state index contributed by atoms with van der Waals surface area (Å²) < 4.78 is 5.41. The van der Waals surface area contributed by atoms with E-state index in [1.165, 1.54) is 0 Å². The van der Waals surface area contributed by atoms with Crippen LogP contribution in [0.3, 0.4) is 0 Å². The lowest BCUT2D eigenvalue weighted by molar-refractivity contribution is -0.122. The Kier molecular flexibility index (Phi) is 5.44. The monoisotopic (exact) mass is 438 g/mol. The minimum atomic E-state index is -0.398. The Bertz CT molecular complexity index is 1280. The van der Waals surface area contributed by atoms with E-state index in [9.17, 15) is 9.59 Å². The fraction of sp³-hybridized carbons (Fsp3) is 0.154. The van der Waals surface area contributed by atoms with Gasteiger partial charge in [-0.3, -0.25) is 9.59 Å². The van der Waals surface area contributed by atoms with Crippen molar-refractivity contribution in [2.75, 3.05) is 16.8 Å². The minimum Gasteiger partial charge on any atom is -0.334 e. The highest BCUT2D eigenvalue weighted by atomic mass is 16.5. The summed E-state index contributed by atoms with van der Waals surface area (Å²) in [5, 5.41) is 6.97. The van der Waals surface area contributed by atoms with Gasteiger partial charge in [-0.15, -0.1) is 0 Å². The predicted molar refractivity (Wildman–Crippen MR) is 125 cm³/mol. The molecular weight excluding hydrogens is 416 g/mol. The molecule has 0 spiro atoms. The van der Waals surface area contributed by atoms with Crippen LogP contribution in [0.25, 0.3) is 22.8 Å². The molecule has 1 fully saturated rings. The molecule has 0 radical (unpaired) electrons. The van der Waals surface area contributed by atoms with Gasteiger partial charge >= 0.3 is 0 Å². The van der Waals surface area contributed by atoms with Crippen LogP contribution in [0.2, 0.25) is 0 Å². The summed E-state index contributed by atoms with van der Waals surface area (Å²) in [5.41, 5.74) is 4.26. The first kappa shape index (κ1) is 20.6. The minimum absolute atomic E-state index is 0.0440. The van der Waals surface area contributed by atoms with Gasteiger partial charge in [0.1, 0.15) is 0 Å². The molecule has 3 aromatic carbocycles. The predicted octanol–water partition coefficient (Wildman–Crippen LogP) is 4.70. The van der Waals surface area contributed by atoms with Crippen LogP contribution in [0.5, 0.6) is 0 Å². The summed E-state index contributed by atoms with van der Waals surface area (Å²) in [4.78, 5) is 31.3. The van der Waals surface area contributed by atoms with Crippen molar-refractivity contribution in [3.63, 3.8) is 0 Å². The van der Waals surface area contributed by atoms with Crippen molar-refractivity contribution in [1.29, 1.82) is 0 Å². The van der Waals surface area contributed by atoms with Crippen LogP contribution in [0.1, 0.15) is 12.0 Å². The SMILES string of the molecule is Cc1ccc(-c2noc(-c3ccc(NC(=O)C4CC(=O)N(c5ccccc5)C4)cc3)n2)cc1. The van der Waals surface area contributed by atoms with Gasteiger partial charge in [-0.1, -0.05) is 53.2 Å². The molecule has 1 aliphatic rings. The zero-order valence-electron chi connectivity index (χ0n) is 18.1. The maximum absolute atomic E-state index is 12.7. The van der Waals surface area contributed by atoms with Crippen molar-refractivity contribution in [3.8, 4) is 22.8 Å². The fourth-order valence-corrected chi connectivity index (χ4v) is 3.84. The number of carbonyl (C=O) groups is 2. The van der Waals surface area contributed by atoms with Crippen LogP contribution in [-0.2, 0) is 9.59 Å². The average molecular weight is 438 g/mol. The van der Waals surface area contributed by atoms with Crippen molar-refractivity contribution in [1.82, 2.24) is 10.1 Å². The van der Waals surface area contributed by atoms with E-state index in [4.69, 9.17) is 4.52 Å². The van der Waals surface area contributed by atoms with Gasteiger partial charge in [0, 0.05) is 35.5 Å². The van der Waals surface area contributed by atoms with Gasteiger partial charge in [-0.25, -0.2) is 0 Å². The molecule has 4 aromatic rings. The first-order valence-corrected chi connectivity index (χ1v) is 10.7. The molecule has 1 aromatic heterocycles. The number of carbonyl (C=O) groups excluding carboxylic acids is 2. The molecule has 0 bridgehead atoms. The van der Waals surface area contributed by atoms with Crippen LogP contribution in [0.15, 0.2) is 83.4 Å². The molecule has 164 valence electrons. The molecular formula is C26H22N4O3. The number of anilines is 2. The Morgan fingerprint density at radius 1 is 0.970 bits per heavy atom. The van der Waals surface area contributed by atoms with E-state index in [0.717, 1.165) is 22.4 Å². The molecule has 0 aliphatic carbocycles. The molecule has 1 saturated heterocycles.